The van der Waals surface area contributed by atoms with Gasteiger partial charge in [0.15, 0.2) is 0 Å². The zero-order valence-corrected chi connectivity index (χ0v) is 17.3. The Kier molecular flexibility index (Phi) is 3.44. The summed E-state index contributed by atoms with van der Waals surface area (Å²) in [5.41, 5.74) is 10.7. The molecule has 3 aliphatic rings. The second kappa shape index (κ2) is 5.68. The van der Waals surface area contributed by atoms with Gasteiger partial charge in [-0.25, -0.2) is 0 Å². The summed E-state index contributed by atoms with van der Waals surface area (Å²) in [4.78, 5) is 3.04. The molecule has 3 aromatic rings. The van der Waals surface area contributed by atoms with E-state index in [1.807, 2.05) is 11.8 Å². The van der Waals surface area contributed by atoms with E-state index in [1.165, 1.54) is 55.5 Å². The van der Waals surface area contributed by atoms with E-state index in [4.69, 9.17) is 0 Å². The standard InChI is InChI=1S/C25H22S2/c1-25(2)20-8-4-3-6-17(20)24-16(7-5-9-21(24)25)19-14-27-23-12-15-10-11-26-22(15)13-18(19)23/h3-9,12-13,19H,10-11,14H2,1-2H3. The van der Waals surface area contributed by atoms with Crippen LogP contribution in [-0.2, 0) is 11.8 Å². The van der Waals surface area contributed by atoms with Crippen molar-refractivity contribution < 1.29 is 0 Å². The molecule has 27 heavy (non-hydrogen) atoms. The van der Waals surface area contributed by atoms with Gasteiger partial charge in [-0.3, -0.25) is 0 Å². The van der Waals surface area contributed by atoms with Gasteiger partial charge >= 0.3 is 0 Å². The molecular formula is C25H22S2. The molecule has 134 valence electrons. The molecule has 0 aromatic heterocycles. The van der Waals surface area contributed by atoms with Crippen LogP contribution in [0.25, 0.3) is 11.1 Å². The summed E-state index contributed by atoms with van der Waals surface area (Å²) in [6.45, 7) is 4.75. The number of rotatable bonds is 1. The van der Waals surface area contributed by atoms with E-state index in [0.717, 1.165) is 0 Å². The lowest BCUT2D eigenvalue weighted by molar-refractivity contribution is 0.659. The van der Waals surface area contributed by atoms with Gasteiger partial charge in [0.25, 0.3) is 0 Å². The topological polar surface area (TPSA) is 0 Å². The normalized spacial score (nSPS) is 20.9. The summed E-state index contributed by atoms with van der Waals surface area (Å²) in [6, 6.07) is 21.0. The van der Waals surface area contributed by atoms with E-state index in [0.29, 0.717) is 5.92 Å². The SMILES string of the molecule is CC1(C)c2ccccc2-c2c(C3CSc4cc5c(cc43)SCC5)cccc21. The average molecular weight is 387 g/mol. The fourth-order valence-corrected chi connectivity index (χ4v) is 7.61. The van der Waals surface area contributed by atoms with E-state index in [2.05, 4.69) is 80.2 Å². The number of aryl methyl sites for hydroxylation is 1. The minimum Gasteiger partial charge on any atom is -0.126 e. The Bertz CT molecular complexity index is 1090. The molecule has 0 nitrogen and oxygen atoms in total. The van der Waals surface area contributed by atoms with E-state index >= 15 is 0 Å². The number of thioether (sulfide) groups is 2. The van der Waals surface area contributed by atoms with E-state index in [1.54, 1.807) is 11.1 Å². The average Bonchev–Trinajstić information content (AvgIpc) is 3.36. The molecule has 2 heterocycles. The van der Waals surface area contributed by atoms with Crippen LogP contribution in [0.3, 0.4) is 0 Å². The molecule has 2 heteroatoms. The molecule has 1 aliphatic carbocycles. The van der Waals surface area contributed by atoms with Crippen LogP contribution >= 0.6 is 23.5 Å². The Labute approximate surface area is 169 Å². The third kappa shape index (κ3) is 2.20. The van der Waals surface area contributed by atoms with Gasteiger partial charge in [-0.15, -0.1) is 23.5 Å². The molecule has 0 bridgehead atoms. The summed E-state index contributed by atoms with van der Waals surface area (Å²) < 4.78 is 0. The van der Waals surface area contributed by atoms with Crippen molar-refractivity contribution >= 4 is 23.5 Å². The first-order valence-electron chi connectivity index (χ1n) is 9.80. The fraction of sp³-hybridized carbons (Fsp3) is 0.280. The monoisotopic (exact) mass is 386 g/mol. The van der Waals surface area contributed by atoms with Crippen molar-refractivity contribution in [1.29, 1.82) is 0 Å². The summed E-state index contributed by atoms with van der Waals surface area (Å²) in [5.74, 6) is 2.92. The van der Waals surface area contributed by atoms with Gasteiger partial charge in [-0.2, -0.15) is 0 Å². The largest absolute Gasteiger partial charge is 0.126 e. The molecule has 0 radical (unpaired) electrons. The smallest absolute Gasteiger partial charge is 0.0201 e. The maximum absolute atomic E-state index is 2.51. The van der Waals surface area contributed by atoms with Crippen molar-refractivity contribution in [1.82, 2.24) is 0 Å². The van der Waals surface area contributed by atoms with Crippen molar-refractivity contribution in [3.05, 3.63) is 82.4 Å². The van der Waals surface area contributed by atoms with Gasteiger partial charge in [-0.1, -0.05) is 56.3 Å². The molecule has 0 spiro atoms. The number of hydrogen-bond acceptors (Lipinski definition) is 2. The summed E-state index contributed by atoms with van der Waals surface area (Å²) in [5, 5.41) is 0. The van der Waals surface area contributed by atoms with Gasteiger partial charge in [0.05, 0.1) is 0 Å². The molecule has 3 aromatic carbocycles. The van der Waals surface area contributed by atoms with Gasteiger partial charge in [0.2, 0.25) is 0 Å². The highest BCUT2D eigenvalue weighted by molar-refractivity contribution is 8.00. The van der Waals surface area contributed by atoms with Crippen LogP contribution in [0.5, 0.6) is 0 Å². The Balaban J connectivity index is 1.57. The predicted octanol–water partition coefficient (Wildman–Crippen LogP) is 6.88. The molecule has 0 saturated heterocycles. The molecule has 1 unspecified atom stereocenters. The van der Waals surface area contributed by atoms with Crippen LogP contribution in [-0.4, -0.2) is 11.5 Å². The molecule has 0 fully saturated rings. The predicted molar refractivity (Wildman–Crippen MR) is 117 cm³/mol. The first kappa shape index (κ1) is 16.3. The van der Waals surface area contributed by atoms with Crippen LogP contribution in [0.15, 0.2) is 64.4 Å². The van der Waals surface area contributed by atoms with Crippen molar-refractivity contribution in [3.8, 4) is 11.1 Å². The summed E-state index contributed by atoms with van der Waals surface area (Å²) >= 11 is 4.09. The first-order valence-corrected chi connectivity index (χ1v) is 11.8. The van der Waals surface area contributed by atoms with E-state index in [-0.39, 0.29) is 5.41 Å². The highest BCUT2D eigenvalue weighted by Crippen LogP contribution is 2.54. The van der Waals surface area contributed by atoms with Gasteiger partial charge in [0, 0.05) is 32.6 Å². The molecule has 6 rings (SSSR count). The second-order valence-corrected chi connectivity index (χ2v) is 10.6. The Morgan fingerprint density at radius 1 is 0.852 bits per heavy atom. The Morgan fingerprint density at radius 2 is 1.70 bits per heavy atom. The lowest BCUT2D eigenvalue weighted by atomic mass is 9.81. The minimum atomic E-state index is 0.0876. The maximum Gasteiger partial charge on any atom is 0.0201 e. The molecule has 0 amide bonds. The van der Waals surface area contributed by atoms with Crippen LogP contribution in [0.2, 0.25) is 0 Å². The summed E-state index contributed by atoms with van der Waals surface area (Å²) in [7, 11) is 0. The lowest BCUT2D eigenvalue weighted by Crippen LogP contribution is -2.15. The van der Waals surface area contributed by atoms with Crippen LogP contribution in [0.1, 0.15) is 47.6 Å². The third-order valence-corrected chi connectivity index (χ3v) is 8.88. The molecule has 0 N–H and O–H groups in total. The van der Waals surface area contributed by atoms with Crippen LogP contribution in [0, 0.1) is 0 Å². The zero-order valence-electron chi connectivity index (χ0n) is 15.7. The number of hydrogen-bond donors (Lipinski definition) is 0. The van der Waals surface area contributed by atoms with Gasteiger partial charge < -0.3 is 0 Å². The molecule has 1 atom stereocenters. The van der Waals surface area contributed by atoms with Crippen LogP contribution < -0.4 is 0 Å². The molecule has 2 aliphatic heterocycles. The van der Waals surface area contributed by atoms with Gasteiger partial charge in [-0.05, 0) is 57.5 Å². The first-order chi connectivity index (χ1) is 13.1. The highest BCUT2D eigenvalue weighted by Gasteiger charge is 2.38. The van der Waals surface area contributed by atoms with Crippen LogP contribution in [0.4, 0.5) is 0 Å². The highest BCUT2D eigenvalue weighted by atomic mass is 32.2. The number of benzene rings is 3. The minimum absolute atomic E-state index is 0.0876. The second-order valence-electron chi connectivity index (χ2n) is 8.40. The summed E-state index contributed by atoms with van der Waals surface area (Å²) in [6.07, 6.45) is 1.24. The number of fused-ring (bicyclic) bond motifs is 5. The van der Waals surface area contributed by atoms with Crippen molar-refractivity contribution in [3.63, 3.8) is 0 Å². The lowest BCUT2D eigenvalue weighted by Gasteiger charge is -2.22. The third-order valence-electron chi connectivity index (χ3n) is 6.62. The van der Waals surface area contributed by atoms with Crippen molar-refractivity contribution in [2.24, 2.45) is 0 Å². The molecular weight excluding hydrogens is 364 g/mol. The maximum atomic E-state index is 2.51. The quantitative estimate of drug-likeness (QED) is 0.447. The van der Waals surface area contributed by atoms with E-state index in [9.17, 15) is 0 Å². The zero-order chi connectivity index (χ0) is 18.2. The Hall–Kier alpha value is -1.64. The van der Waals surface area contributed by atoms with E-state index < -0.39 is 0 Å². The van der Waals surface area contributed by atoms with Crippen molar-refractivity contribution in [2.75, 3.05) is 11.5 Å². The van der Waals surface area contributed by atoms with Gasteiger partial charge in [0.1, 0.15) is 0 Å². The molecule has 0 saturated carbocycles. The van der Waals surface area contributed by atoms with Crippen molar-refractivity contribution in [2.45, 2.75) is 41.4 Å². The Morgan fingerprint density at radius 3 is 2.63 bits per heavy atom. The fourth-order valence-electron chi connectivity index (χ4n) is 5.21.